The van der Waals surface area contributed by atoms with Crippen molar-refractivity contribution in [3.05, 3.63) is 0 Å². The van der Waals surface area contributed by atoms with Crippen LogP contribution in [0.3, 0.4) is 0 Å². The van der Waals surface area contributed by atoms with Gasteiger partial charge < -0.3 is 15.5 Å². The van der Waals surface area contributed by atoms with E-state index in [0.717, 1.165) is 64.7 Å². The number of rotatable bonds is 6. The van der Waals surface area contributed by atoms with Crippen molar-refractivity contribution in [3.8, 4) is 0 Å². The zero-order valence-corrected chi connectivity index (χ0v) is 11.6. The first kappa shape index (κ1) is 14.3. The summed E-state index contributed by atoms with van der Waals surface area (Å²) in [5.74, 6) is 0.428. The van der Waals surface area contributed by atoms with Gasteiger partial charge in [-0.25, -0.2) is 0 Å². The number of unbranched alkanes of at least 4 members (excludes halogenated alkanes) is 1. The summed E-state index contributed by atoms with van der Waals surface area (Å²) in [6, 6.07) is 0.0173. The van der Waals surface area contributed by atoms with Crippen LogP contribution >= 0.6 is 0 Å². The first-order chi connectivity index (χ1) is 9.27. The lowest BCUT2D eigenvalue weighted by Crippen LogP contribution is -2.41. The van der Waals surface area contributed by atoms with Crippen molar-refractivity contribution < 1.29 is 9.59 Å². The van der Waals surface area contributed by atoms with Crippen LogP contribution in [0.5, 0.6) is 0 Å². The Kier molecular flexibility index (Phi) is 5.63. The molecule has 5 nitrogen and oxygen atoms in total. The van der Waals surface area contributed by atoms with E-state index >= 15 is 0 Å². The molecule has 0 aromatic carbocycles. The van der Waals surface area contributed by atoms with Gasteiger partial charge in [-0.1, -0.05) is 0 Å². The molecule has 0 aromatic heterocycles. The second-order valence-corrected chi connectivity index (χ2v) is 5.48. The molecule has 2 aliphatic rings. The third kappa shape index (κ3) is 4.49. The van der Waals surface area contributed by atoms with E-state index in [-0.39, 0.29) is 11.9 Å². The standard InChI is InChI=1S/C14H25N3O2/c18-13-7-1-3-10-17(13)11-4-2-8-16-14(19)12-6-5-9-15-12/h12,15H,1-11H2,(H,16,19)/t12-/m0/s1. The summed E-state index contributed by atoms with van der Waals surface area (Å²) < 4.78 is 0. The molecule has 0 unspecified atom stereocenters. The van der Waals surface area contributed by atoms with E-state index in [1.807, 2.05) is 4.90 Å². The first-order valence-corrected chi connectivity index (χ1v) is 7.56. The molecule has 2 N–H and O–H groups in total. The van der Waals surface area contributed by atoms with Gasteiger partial charge in [0.15, 0.2) is 0 Å². The van der Waals surface area contributed by atoms with Gasteiger partial charge in [-0.05, 0) is 45.1 Å². The summed E-state index contributed by atoms with van der Waals surface area (Å²) in [4.78, 5) is 25.3. The Morgan fingerprint density at radius 1 is 1.32 bits per heavy atom. The SMILES string of the molecule is O=C(NCCCCN1CCCCC1=O)[C@@H]1CCCN1. The maximum absolute atomic E-state index is 11.7. The summed E-state index contributed by atoms with van der Waals surface area (Å²) in [6.07, 6.45) is 6.86. The number of likely N-dealkylation sites (tertiary alicyclic amines) is 1. The smallest absolute Gasteiger partial charge is 0.237 e. The summed E-state index contributed by atoms with van der Waals surface area (Å²) in [5.41, 5.74) is 0. The minimum atomic E-state index is 0.0173. The number of nitrogens with one attached hydrogen (secondary N) is 2. The Morgan fingerprint density at radius 2 is 2.21 bits per heavy atom. The molecule has 2 rings (SSSR count). The van der Waals surface area contributed by atoms with Crippen LogP contribution in [0.2, 0.25) is 0 Å². The van der Waals surface area contributed by atoms with Crippen LogP contribution in [0.1, 0.15) is 44.9 Å². The Hall–Kier alpha value is -1.10. The van der Waals surface area contributed by atoms with Crippen LogP contribution in [0.15, 0.2) is 0 Å². The predicted molar refractivity (Wildman–Crippen MR) is 73.7 cm³/mol. The Labute approximate surface area is 115 Å². The molecule has 19 heavy (non-hydrogen) atoms. The zero-order chi connectivity index (χ0) is 13.5. The fraction of sp³-hybridized carbons (Fsp3) is 0.857. The number of amides is 2. The van der Waals surface area contributed by atoms with Gasteiger partial charge in [-0.2, -0.15) is 0 Å². The molecular formula is C14H25N3O2. The normalized spacial score (nSPS) is 23.7. The molecule has 0 radical (unpaired) electrons. The van der Waals surface area contributed by atoms with Crippen LogP contribution in [0, 0.1) is 0 Å². The monoisotopic (exact) mass is 267 g/mol. The third-order valence-corrected chi connectivity index (χ3v) is 3.95. The quantitative estimate of drug-likeness (QED) is 0.695. The summed E-state index contributed by atoms with van der Waals surface area (Å²) in [5, 5.41) is 6.16. The first-order valence-electron chi connectivity index (χ1n) is 7.56. The van der Waals surface area contributed by atoms with Crippen LogP contribution in [-0.2, 0) is 9.59 Å². The number of hydrogen-bond acceptors (Lipinski definition) is 3. The molecule has 5 heteroatoms. The molecule has 2 amide bonds. The molecule has 0 saturated carbocycles. The number of hydrogen-bond donors (Lipinski definition) is 2. The van der Waals surface area contributed by atoms with E-state index in [1.54, 1.807) is 0 Å². The highest BCUT2D eigenvalue weighted by Crippen LogP contribution is 2.11. The van der Waals surface area contributed by atoms with Crippen molar-refractivity contribution in [1.82, 2.24) is 15.5 Å². The molecule has 0 bridgehead atoms. The van der Waals surface area contributed by atoms with Gasteiger partial charge in [-0.15, -0.1) is 0 Å². The number of piperidine rings is 1. The number of carbonyl (C=O) groups is 2. The van der Waals surface area contributed by atoms with Crippen molar-refractivity contribution in [1.29, 1.82) is 0 Å². The van der Waals surface area contributed by atoms with E-state index < -0.39 is 0 Å². The van der Waals surface area contributed by atoms with Crippen molar-refractivity contribution in [2.45, 2.75) is 51.0 Å². The summed E-state index contributed by atoms with van der Waals surface area (Å²) in [7, 11) is 0. The average Bonchev–Trinajstić information content (AvgIpc) is 2.94. The third-order valence-electron chi connectivity index (χ3n) is 3.95. The Bertz CT molecular complexity index is 314. The van der Waals surface area contributed by atoms with Crippen LogP contribution in [0.25, 0.3) is 0 Å². The fourth-order valence-electron chi connectivity index (χ4n) is 2.77. The lowest BCUT2D eigenvalue weighted by Gasteiger charge is -2.26. The van der Waals surface area contributed by atoms with E-state index in [9.17, 15) is 9.59 Å². The molecule has 108 valence electrons. The van der Waals surface area contributed by atoms with Crippen molar-refractivity contribution in [2.24, 2.45) is 0 Å². The van der Waals surface area contributed by atoms with Crippen LogP contribution in [-0.4, -0.2) is 48.9 Å². The molecular weight excluding hydrogens is 242 g/mol. The minimum Gasteiger partial charge on any atom is -0.355 e. The van der Waals surface area contributed by atoms with Crippen molar-refractivity contribution in [3.63, 3.8) is 0 Å². The van der Waals surface area contributed by atoms with Crippen molar-refractivity contribution in [2.75, 3.05) is 26.2 Å². The minimum absolute atomic E-state index is 0.0173. The molecule has 0 spiro atoms. The Balaban J connectivity index is 1.51. The predicted octanol–water partition coefficient (Wildman–Crippen LogP) is 0.647. The van der Waals surface area contributed by atoms with Crippen LogP contribution < -0.4 is 10.6 Å². The summed E-state index contributed by atoms with van der Waals surface area (Å²) in [6.45, 7) is 3.43. The van der Waals surface area contributed by atoms with Gasteiger partial charge in [-0.3, -0.25) is 9.59 Å². The van der Waals surface area contributed by atoms with E-state index in [2.05, 4.69) is 10.6 Å². The highest BCUT2D eigenvalue weighted by atomic mass is 16.2. The average molecular weight is 267 g/mol. The van der Waals surface area contributed by atoms with Crippen LogP contribution in [0.4, 0.5) is 0 Å². The molecule has 2 saturated heterocycles. The lowest BCUT2D eigenvalue weighted by atomic mass is 10.1. The van der Waals surface area contributed by atoms with Gasteiger partial charge in [0.2, 0.25) is 11.8 Å². The second kappa shape index (κ2) is 7.48. The molecule has 2 aliphatic heterocycles. The maximum atomic E-state index is 11.7. The van der Waals surface area contributed by atoms with Crippen molar-refractivity contribution >= 4 is 11.8 Å². The van der Waals surface area contributed by atoms with E-state index in [1.165, 1.54) is 0 Å². The Morgan fingerprint density at radius 3 is 2.95 bits per heavy atom. The lowest BCUT2D eigenvalue weighted by molar-refractivity contribution is -0.133. The van der Waals surface area contributed by atoms with Gasteiger partial charge in [0.25, 0.3) is 0 Å². The molecule has 2 fully saturated rings. The van der Waals surface area contributed by atoms with E-state index in [0.29, 0.717) is 12.3 Å². The molecule has 0 aliphatic carbocycles. The van der Waals surface area contributed by atoms with Gasteiger partial charge in [0.1, 0.15) is 0 Å². The topological polar surface area (TPSA) is 61.4 Å². The second-order valence-electron chi connectivity index (χ2n) is 5.48. The fourth-order valence-corrected chi connectivity index (χ4v) is 2.77. The highest BCUT2D eigenvalue weighted by Gasteiger charge is 2.21. The van der Waals surface area contributed by atoms with Gasteiger partial charge in [0, 0.05) is 26.1 Å². The molecule has 2 heterocycles. The number of carbonyl (C=O) groups excluding carboxylic acids is 2. The summed E-state index contributed by atoms with van der Waals surface area (Å²) >= 11 is 0. The molecule has 0 aromatic rings. The maximum Gasteiger partial charge on any atom is 0.237 e. The molecule has 1 atom stereocenters. The van der Waals surface area contributed by atoms with Gasteiger partial charge >= 0.3 is 0 Å². The highest BCUT2D eigenvalue weighted by molar-refractivity contribution is 5.81. The van der Waals surface area contributed by atoms with Gasteiger partial charge in [0.05, 0.1) is 6.04 Å². The largest absolute Gasteiger partial charge is 0.355 e. The number of nitrogens with zero attached hydrogens (tertiary/aromatic N) is 1. The zero-order valence-electron chi connectivity index (χ0n) is 11.6. The van der Waals surface area contributed by atoms with E-state index in [4.69, 9.17) is 0 Å².